The van der Waals surface area contributed by atoms with Crippen LogP contribution in [0.3, 0.4) is 0 Å². The molecule has 0 aromatic heterocycles. The molecule has 1 aromatic carbocycles. The van der Waals surface area contributed by atoms with Gasteiger partial charge in [0.1, 0.15) is 0 Å². The smallest absolute Gasteiger partial charge is 0.392 e. The maximum atomic E-state index is 12.8. The van der Waals surface area contributed by atoms with Crippen molar-refractivity contribution >= 4 is 5.91 Å². The highest BCUT2D eigenvalue weighted by Gasteiger charge is 2.36. The number of nitrogens with zero attached hydrogens (tertiary/aromatic N) is 2. The van der Waals surface area contributed by atoms with Gasteiger partial charge in [0.15, 0.2) is 0 Å². The molecule has 132 valence electrons. The first-order valence-electron chi connectivity index (χ1n) is 8.21. The second-order valence-electron chi connectivity index (χ2n) is 6.55. The number of alkyl halides is 3. The van der Waals surface area contributed by atoms with Gasteiger partial charge < -0.3 is 10.0 Å². The number of benzene rings is 1. The molecule has 0 aliphatic carbocycles. The monoisotopic (exact) mass is 342 g/mol. The fourth-order valence-electron chi connectivity index (χ4n) is 3.53. The zero-order chi connectivity index (χ0) is 17.3. The Morgan fingerprint density at radius 3 is 2.67 bits per heavy atom. The normalized spacial score (nSPS) is 26.2. The predicted molar refractivity (Wildman–Crippen MR) is 82.1 cm³/mol. The second-order valence-corrected chi connectivity index (χ2v) is 6.55. The number of hydrogen-bond acceptors (Lipinski definition) is 3. The van der Waals surface area contributed by atoms with Crippen LogP contribution in [0.5, 0.6) is 0 Å². The molecule has 0 radical (unpaired) electrons. The summed E-state index contributed by atoms with van der Waals surface area (Å²) in [6.07, 6.45) is -2.54. The number of β-amino-alcohol motifs (C(OH)–C–C–N with tert-alkyl or cyclic N) is 1. The van der Waals surface area contributed by atoms with Crippen LogP contribution in [0.25, 0.3) is 0 Å². The minimum atomic E-state index is -4.38. The lowest BCUT2D eigenvalue weighted by atomic mass is 10.0. The average Bonchev–Trinajstić information content (AvgIpc) is 2.95. The van der Waals surface area contributed by atoms with E-state index in [2.05, 4.69) is 0 Å². The Morgan fingerprint density at radius 2 is 2.00 bits per heavy atom. The molecule has 2 fully saturated rings. The Labute approximate surface area is 138 Å². The maximum absolute atomic E-state index is 12.8. The number of likely N-dealkylation sites (tertiary alicyclic amines) is 2. The van der Waals surface area contributed by atoms with E-state index >= 15 is 0 Å². The lowest BCUT2D eigenvalue weighted by molar-refractivity contribution is -0.140. The summed E-state index contributed by atoms with van der Waals surface area (Å²) >= 11 is 0. The molecule has 0 spiro atoms. The number of halogens is 3. The molecule has 24 heavy (non-hydrogen) atoms. The molecular weight excluding hydrogens is 321 g/mol. The third-order valence-electron chi connectivity index (χ3n) is 4.77. The second kappa shape index (κ2) is 6.72. The largest absolute Gasteiger partial charge is 0.416 e. The Balaban J connectivity index is 1.70. The highest BCUT2D eigenvalue weighted by molar-refractivity contribution is 5.82. The number of aliphatic hydroxyl groups excluding tert-OH is 1. The van der Waals surface area contributed by atoms with E-state index in [-0.39, 0.29) is 18.5 Å². The number of carbonyl (C=O) groups is 1. The van der Waals surface area contributed by atoms with Gasteiger partial charge in [0.25, 0.3) is 0 Å². The topological polar surface area (TPSA) is 43.8 Å². The van der Waals surface area contributed by atoms with Gasteiger partial charge in [-0.2, -0.15) is 13.2 Å². The number of hydrogen-bond donors (Lipinski definition) is 1. The number of amides is 1. The summed E-state index contributed by atoms with van der Waals surface area (Å²) < 4.78 is 38.4. The number of carbonyl (C=O) groups excluding carboxylic acids is 1. The molecule has 2 aliphatic rings. The third-order valence-corrected chi connectivity index (χ3v) is 4.77. The Morgan fingerprint density at radius 1 is 1.21 bits per heavy atom. The van der Waals surface area contributed by atoms with Crippen molar-refractivity contribution in [1.29, 1.82) is 0 Å². The van der Waals surface area contributed by atoms with Crippen LogP contribution in [-0.2, 0) is 17.5 Å². The molecule has 3 rings (SSSR count). The van der Waals surface area contributed by atoms with Gasteiger partial charge in [-0.05, 0) is 37.0 Å². The van der Waals surface area contributed by atoms with Gasteiger partial charge in [-0.1, -0.05) is 12.1 Å². The fourth-order valence-corrected chi connectivity index (χ4v) is 3.53. The van der Waals surface area contributed by atoms with E-state index in [1.165, 1.54) is 6.07 Å². The molecule has 0 bridgehead atoms. The van der Waals surface area contributed by atoms with Crippen LogP contribution >= 0.6 is 0 Å². The molecule has 2 atom stereocenters. The van der Waals surface area contributed by atoms with Gasteiger partial charge in [0.05, 0.1) is 17.7 Å². The van der Waals surface area contributed by atoms with Crippen LogP contribution in [0.15, 0.2) is 24.3 Å². The summed E-state index contributed by atoms with van der Waals surface area (Å²) in [5.74, 6) is -0.0484. The first-order chi connectivity index (χ1) is 11.3. The zero-order valence-electron chi connectivity index (χ0n) is 13.3. The highest BCUT2D eigenvalue weighted by Crippen LogP contribution is 2.30. The van der Waals surface area contributed by atoms with Crippen molar-refractivity contribution < 1.29 is 23.1 Å². The standard InChI is InChI=1S/C17H21F3N2O2/c18-17(19,20)13-4-1-3-12(9-13)10-22-7-2-5-15(16(22)24)21-8-6-14(23)11-21/h1,3-4,9,14-15,23H,2,5-8,10-11H2/t14-,15+/m1/s1. The van der Waals surface area contributed by atoms with Crippen LogP contribution in [0.4, 0.5) is 13.2 Å². The van der Waals surface area contributed by atoms with Gasteiger partial charge in [0, 0.05) is 26.2 Å². The molecule has 2 aliphatic heterocycles. The SMILES string of the molecule is O=C1[C@@H](N2CC[C@@H](O)C2)CCCN1Cc1cccc(C(F)(F)F)c1. The van der Waals surface area contributed by atoms with Gasteiger partial charge >= 0.3 is 6.18 Å². The number of aliphatic hydroxyl groups is 1. The summed E-state index contributed by atoms with van der Waals surface area (Å²) in [5.41, 5.74) is -0.205. The molecule has 4 nitrogen and oxygen atoms in total. The fraction of sp³-hybridized carbons (Fsp3) is 0.588. The lowest BCUT2D eigenvalue weighted by Gasteiger charge is -2.36. The Kier molecular flexibility index (Phi) is 4.83. The van der Waals surface area contributed by atoms with E-state index < -0.39 is 17.8 Å². The molecule has 2 heterocycles. The average molecular weight is 342 g/mol. The third kappa shape index (κ3) is 3.72. The molecule has 1 amide bonds. The summed E-state index contributed by atoms with van der Waals surface area (Å²) in [6, 6.07) is 4.88. The Hall–Kier alpha value is -1.60. The van der Waals surface area contributed by atoms with Crippen molar-refractivity contribution in [2.45, 2.75) is 44.1 Å². The molecular formula is C17H21F3N2O2. The van der Waals surface area contributed by atoms with Gasteiger partial charge in [-0.25, -0.2) is 0 Å². The van der Waals surface area contributed by atoms with Crippen molar-refractivity contribution in [2.75, 3.05) is 19.6 Å². The van der Waals surface area contributed by atoms with Gasteiger partial charge in [-0.3, -0.25) is 9.69 Å². The summed E-state index contributed by atoms with van der Waals surface area (Å²) in [7, 11) is 0. The first kappa shape index (κ1) is 17.2. The van der Waals surface area contributed by atoms with E-state index in [9.17, 15) is 23.1 Å². The maximum Gasteiger partial charge on any atom is 0.416 e. The summed E-state index contributed by atoms with van der Waals surface area (Å²) in [5, 5.41) is 9.65. The van der Waals surface area contributed by atoms with E-state index in [4.69, 9.17) is 0 Å². The van der Waals surface area contributed by atoms with Crippen molar-refractivity contribution in [2.24, 2.45) is 0 Å². The number of piperidine rings is 1. The minimum Gasteiger partial charge on any atom is -0.392 e. The molecule has 1 N–H and O–H groups in total. The molecule has 0 unspecified atom stereocenters. The summed E-state index contributed by atoms with van der Waals surface area (Å²) in [6.45, 7) is 1.93. The van der Waals surface area contributed by atoms with Gasteiger partial charge in [0.2, 0.25) is 5.91 Å². The summed E-state index contributed by atoms with van der Waals surface area (Å²) in [4.78, 5) is 16.3. The van der Waals surface area contributed by atoms with E-state index in [0.29, 0.717) is 31.6 Å². The van der Waals surface area contributed by atoms with Crippen LogP contribution in [0.2, 0.25) is 0 Å². The van der Waals surface area contributed by atoms with Gasteiger partial charge in [-0.15, -0.1) is 0 Å². The van der Waals surface area contributed by atoms with Crippen molar-refractivity contribution in [3.8, 4) is 0 Å². The predicted octanol–water partition coefficient (Wildman–Crippen LogP) is 2.26. The molecule has 7 heteroatoms. The molecule has 0 saturated carbocycles. The van der Waals surface area contributed by atoms with E-state index in [1.54, 1.807) is 11.0 Å². The van der Waals surface area contributed by atoms with Crippen LogP contribution in [-0.4, -0.2) is 52.6 Å². The quantitative estimate of drug-likeness (QED) is 0.916. The minimum absolute atomic E-state index is 0.0484. The number of rotatable bonds is 3. The highest BCUT2D eigenvalue weighted by atomic mass is 19.4. The zero-order valence-corrected chi connectivity index (χ0v) is 13.3. The molecule has 1 aromatic rings. The van der Waals surface area contributed by atoms with Crippen molar-refractivity contribution in [1.82, 2.24) is 9.80 Å². The Bertz CT molecular complexity index is 606. The van der Waals surface area contributed by atoms with Crippen LogP contribution < -0.4 is 0 Å². The van der Waals surface area contributed by atoms with Crippen molar-refractivity contribution in [3.63, 3.8) is 0 Å². The first-order valence-corrected chi connectivity index (χ1v) is 8.21. The van der Waals surface area contributed by atoms with Crippen LogP contribution in [0.1, 0.15) is 30.4 Å². The van der Waals surface area contributed by atoms with E-state index in [0.717, 1.165) is 25.0 Å². The molecule has 2 saturated heterocycles. The van der Waals surface area contributed by atoms with Crippen molar-refractivity contribution in [3.05, 3.63) is 35.4 Å². The van der Waals surface area contributed by atoms with Crippen LogP contribution in [0, 0.1) is 0 Å². The van der Waals surface area contributed by atoms with E-state index in [1.807, 2.05) is 4.90 Å². The lowest BCUT2D eigenvalue weighted by Crippen LogP contribution is -2.51.